The summed E-state index contributed by atoms with van der Waals surface area (Å²) in [5.74, 6) is 0.219. The molecule has 0 unspecified atom stereocenters. The van der Waals surface area contributed by atoms with Gasteiger partial charge >= 0.3 is 6.18 Å². The van der Waals surface area contributed by atoms with Gasteiger partial charge in [0.05, 0.1) is 5.56 Å². The molecule has 1 aromatic rings. The largest absolute Gasteiger partial charge is 0.416 e. The summed E-state index contributed by atoms with van der Waals surface area (Å²) in [5, 5.41) is 3.21. The molecule has 0 saturated carbocycles. The lowest BCUT2D eigenvalue weighted by Crippen LogP contribution is -2.28. The smallest absolute Gasteiger partial charge is 0.316 e. The molecular weight excluding hydrogens is 215 g/mol. The zero-order valence-electron chi connectivity index (χ0n) is 8.85. The van der Waals surface area contributed by atoms with Crippen LogP contribution >= 0.6 is 0 Å². The van der Waals surface area contributed by atoms with Gasteiger partial charge in [-0.3, -0.25) is 0 Å². The van der Waals surface area contributed by atoms with Crippen molar-refractivity contribution in [3.8, 4) is 0 Å². The molecule has 0 aromatic heterocycles. The van der Waals surface area contributed by atoms with E-state index in [2.05, 4.69) is 5.32 Å². The normalized spacial score (nSPS) is 22.1. The fourth-order valence-electron chi connectivity index (χ4n) is 2.11. The molecule has 1 aliphatic heterocycles. The van der Waals surface area contributed by atoms with E-state index in [4.69, 9.17) is 0 Å². The van der Waals surface area contributed by atoms with Crippen molar-refractivity contribution in [2.45, 2.75) is 24.9 Å². The van der Waals surface area contributed by atoms with E-state index in [9.17, 15) is 13.2 Å². The van der Waals surface area contributed by atoms with Gasteiger partial charge in [0, 0.05) is 6.54 Å². The average Bonchev–Trinajstić information content (AvgIpc) is 2.29. The Morgan fingerprint density at radius 1 is 1.25 bits per heavy atom. The van der Waals surface area contributed by atoms with E-state index in [-0.39, 0.29) is 5.92 Å². The van der Waals surface area contributed by atoms with Crippen LogP contribution in [0, 0.1) is 0 Å². The molecule has 1 atom stereocenters. The molecule has 1 aliphatic rings. The Balaban J connectivity index is 2.21. The summed E-state index contributed by atoms with van der Waals surface area (Å²) in [7, 11) is 0. The van der Waals surface area contributed by atoms with Gasteiger partial charge in [0.25, 0.3) is 0 Å². The van der Waals surface area contributed by atoms with E-state index in [1.54, 1.807) is 6.07 Å². The minimum Gasteiger partial charge on any atom is -0.316 e. The van der Waals surface area contributed by atoms with Crippen molar-refractivity contribution in [3.05, 3.63) is 35.4 Å². The van der Waals surface area contributed by atoms with Crippen molar-refractivity contribution < 1.29 is 13.2 Å². The van der Waals surface area contributed by atoms with Gasteiger partial charge < -0.3 is 5.32 Å². The molecule has 1 N–H and O–H groups in total. The Morgan fingerprint density at radius 2 is 2.06 bits per heavy atom. The first-order chi connectivity index (χ1) is 7.57. The molecule has 1 aromatic carbocycles. The van der Waals surface area contributed by atoms with E-state index in [1.165, 1.54) is 12.1 Å². The number of alkyl halides is 3. The summed E-state index contributed by atoms with van der Waals surface area (Å²) in [6.45, 7) is 1.75. The van der Waals surface area contributed by atoms with Gasteiger partial charge in [0.15, 0.2) is 0 Å². The lowest BCUT2D eigenvalue weighted by atomic mass is 9.91. The van der Waals surface area contributed by atoms with Crippen LogP contribution in [0.5, 0.6) is 0 Å². The lowest BCUT2D eigenvalue weighted by molar-refractivity contribution is -0.137. The van der Waals surface area contributed by atoms with Crippen LogP contribution in [-0.4, -0.2) is 13.1 Å². The molecule has 0 aliphatic carbocycles. The van der Waals surface area contributed by atoms with Gasteiger partial charge in [-0.05, 0) is 36.9 Å². The highest BCUT2D eigenvalue weighted by molar-refractivity contribution is 5.28. The second-order valence-corrected chi connectivity index (χ2v) is 4.17. The van der Waals surface area contributed by atoms with Crippen LogP contribution in [0.4, 0.5) is 13.2 Å². The predicted molar refractivity (Wildman–Crippen MR) is 56.3 cm³/mol. The molecule has 0 spiro atoms. The lowest BCUT2D eigenvalue weighted by Gasteiger charge is -2.23. The minimum absolute atomic E-state index is 0.219. The number of nitrogens with one attached hydrogen (secondary N) is 1. The standard InChI is InChI=1S/C12H14F3N/c13-12(14,15)11-5-1-3-9(7-11)10-4-2-6-16-8-10/h1,3,5,7,10,16H,2,4,6,8H2/t10-/m1/s1. The fourth-order valence-corrected chi connectivity index (χ4v) is 2.11. The monoisotopic (exact) mass is 229 g/mol. The molecule has 1 nitrogen and oxygen atoms in total. The Bertz CT molecular complexity index is 354. The van der Waals surface area contributed by atoms with Crippen molar-refractivity contribution in [3.63, 3.8) is 0 Å². The molecule has 1 saturated heterocycles. The maximum Gasteiger partial charge on any atom is 0.416 e. The number of hydrogen-bond donors (Lipinski definition) is 1. The first kappa shape index (κ1) is 11.5. The molecule has 4 heteroatoms. The summed E-state index contributed by atoms with van der Waals surface area (Å²) in [6.07, 6.45) is -2.24. The molecule has 0 radical (unpaired) electrons. The minimum atomic E-state index is -4.24. The summed E-state index contributed by atoms with van der Waals surface area (Å²) in [6, 6.07) is 5.68. The maximum absolute atomic E-state index is 12.5. The van der Waals surface area contributed by atoms with E-state index >= 15 is 0 Å². The van der Waals surface area contributed by atoms with Crippen LogP contribution in [0.1, 0.15) is 29.9 Å². The SMILES string of the molecule is FC(F)(F)c1cccc([C@@H]2CCCNC2)c1. The Hall–Kier alpha value is -1.03. The van der Waals surface area contributed by atoms with E-state index in [0.717, 1.165) is 37.6 Å². The van der Waals surface area contributed by atoms with Crippen LogP contribution in [0.3, 0.4) is 0 Å². The van der Waals surface area contributed by atoms with Gasteiger partial charge in [-0.15, -0.1) is 0 Å². The van der Waals surface area contributed by atoms with Gasteiger partial charge in [-0.1, -0.05) is 18.2 Å². The zero-order chi connectivity index (χ0) is 11.6. The van der Waals surface area contributed by atoms with Crippen molar-refractivity contribution >= 4 is 0 Å². The summed E-state index contributed by atoms with van der Waals surface area (Å²) in [5.41, 5.74) is 0.248. The third kappa shape index (κ3) is 2.55. The number of hydrogen-bond acceptors (Lipinski definition) is 1. The number of rotatable bonds is 1. The van der Waals surface area contributed by atoms with Gasteiger partial charge in [0.2, 0.25) is 0 Å². The first-order valence-electron chi connectivity index (χ1n) is 5.45. The number of halogens is 3. The molecule has 88 valence electrons. The van der Waals surface area contributed by atoms with Crippen LogP contribution in [0.15, 0.2) is 24.3 Å². The van der Waals surface area contributed by atoms with Gasteiger partial charge in [0.1, 0.15) is 0 Å². The van der Waals surface area contributed by atoms with Crippen LogP contribution in [-0.2, 0) is 6.18 Å². The fraction of sp³-hybridized carbons (Fsp3) is 0.500. The summed E-state index contributed by atoms with van der Waals surface area (Å²) < 4.78 is 37.6. The maximum atomic E-state index is 12.5. The second kappa shape index (κ2) is 4.45. The zero-order valence-corrected chi connectivity index (χ0v) is 8.85. The predicted octanol–water partition coefficient (Wildman–Crippen LogP) is 3.17. The molecule has 1 heterocycles. The highest BCUT2D eigenvalue weighted by Crippen LogP contribution is 2.32. The average molecular weight is 229 g/mol. The third-order valence-electron chi connectivity index (χ3n) is 2.98. The van der Waals surface area contributed by atoms with Crippen molar-refractivity contribution in [1.29, 1.82) is 0 Å². The molecule has 2 rings (SSSR count). The highest BCUT2D eigenvalue weighted by atomic mass is 19.4. The second-order valence-electron chi connectivity index (χ2n) is 4.17. The van der Waals surface area contributed by atoms with Crippen LogP contribution < -0.4 is 5.32 Å². The Labute approximate surface area is 92.7 Å². The van der Waals surface area contributed by atoms with E-state index in [0.29, 0.717) is 0 Å². The number of benzene rings is 1. The Morgan fingerprint density at radius 3 is 2.69 bits per heavy atom. The van der Waals surface area contributed by atoms with E-state index < -0.39 is 11.7 Å². The molecule has 16 heavy (non-hydrogen) atoms. The highest BCUT2D eigenvalue weighted by Gasteiger charge is 2.31. The van der Waals surface area contributed by atoms with Crippen molar-refractivity contribution in [2.24, 2.45) is 0 Å². The summed E-state index contributed by atoms with van der Waals surface area (Å²) in [4.78, 5) is 0. The molecular formula is C12H14F3N. The van der Waals surface area contributed by atoms with Crippen LogP contribution in [0.25, 0.3) is 0 Å². The number of piperidine rings is 1. The Kier molecular flexibility index (Phi) is 3.19. The molecule has 0 amide bonds. The molecule has 1 fully saturated rings. The van der Waals surface area contributed by atoms with E-state index in [1.807, 2.05) is 0 Å². The third-order valence-corrected chi connectivity index (χ3v) is 2.98. The van der Waals surface area contributed by atoms with Gasteiger partial charge in [-0.25, -0.2) is 0 Å². The topological polar surface area (TPSA) is 12.0 Å². The molecule has 0 bridgehead atoms. The van der Waals surface area contributed by atoms with Crippen molar-refractivity contribution in [2.75, 3.05) is 13.1 Å². The quantitative estimate of drug-likeness (QED) is 0.780. The summed E-state index contributed by atoms with van der Waals surface area (Å²) >= 11 is 0. The van der Waals surface area contributed by atoms with Crippen molar-refractivity contribution in [1.82, 2.24) is 5.32 Å². The first-order valence-corrected chi connectivity index (χ1v) is 5.45. The van der Waals surface area contributed by atoms with Crippen LogP contribution in [0.2, 0.25) is 0 Å². The van der Waals surface area contributed by atoms with Gasteiger partial charge in [-0.2, -0.15) is 13.2 Å².